The van der Waals surface area contributed by atoms with E-state index in [1.807, 2.05) is 6.92 Å². The number of anilines is 1. The van der Waals surface area contributed by atoms with Gasteiger partial charge in [-0.05, 0) is 55.0 Å². The molecule has 2 aromatic carbocycles. The maximum Gasteiger partial charge on any atom is 0.254 e. The molecule has 0 aliphatic heterocycles. The Balaban J connectivity index is 1.90. The minimum Gasteiger partial charge on any atom is -0.494 e. The van der Waals surface area contributed by atoms with Crippen LogP contribution in [0.3, 0.4) is 0 Å². The third-order valence-electron chi connectivity index (χ3n) is 3.43. The number of carbonyl (C=O) groups is 2. The van der Waals surface area contributed by atoms with Crippen LogP contribution in [0, 0.1) is 5.82 Å². The van der Waals surface area contributed by atoms with Crippen molar-refractivity contribution in [1.82, 2.24) is 4.90 Å². The standard InChI is InChI=1S/C19H21FN2O3/c1-3-12-25-17-10-4-14(5-11-17)19(24)22(2)13-18(23)21-16-8-6-15(20)7-9-16/h4-11H,3,12-13H2,1-2H3,(H,21,23). The Morgan fingerprint density at radius 1 is 1.08 bits per heavy atom. The second-order valence-corrected chi connectivity index (χ2v) is 5.59. The molecule has 2 amide bonds. The molecule has 5 nitrogen and oxygen atoms in total. The second kappa shape index (κ2) is 8.82. The molecule has 1 N–H and O–H groups in total. The van der Waals surface area contributed by atoms with Gasteiger partial charge in [-0.25, -0.2) is 4.39 Å². The fraction of sp³-hybridized carbons (Fsp3) is 0.263. The highest BCUT2D eigenvalue weighted by atomic mass is 19.1. The SMILES string of the molecule is CCCOc1ccc(C(=O)N(C)CC(=O)Nc2ccc(F)cc2)cc1. The van der Waals surface area contributed by atoms with Gasteiger partial charge >= 0.3 is 0 Å². The van der Waals surface area contributed by atoms with Crippen molar-refractivity contribution in [2.24, 2.45) is 0 Å². The van der Waals surface area contributed by atoms with Gasteiger partial charge < -0.3 is 15.0 Å². The monoisotopic (exact) mass is 344 g/mol. The first-order valence-corrected chi connectivity index (χ1v) is 8.03. The van der Waals surface area contributed by atoms with Gasteiger partial charge in [0.05, 0.1) is 13.2 Å². The molecule has 0 heterocycles. The Hall–Kier alpha value is -2.89. The van der Waals surface area contributed by atoms with E-state index in [2.05, 4.69) is 5.32 Å². The number of ether oxygens (including phenoxy) is 1. The molecule has 0 saturated heterocycles. The van der Waals surface area contributed by atoms with Gasteiger partial charge in [-0.3, -0.25) is 9.59 Å². The molecule has 0 aliphatic rings. The van der Waals surface area contributed by atoms with E-state index in [1.165, 1.54) is 29.2 Å². The first-order valence-electron chi connectivity index (χ1n) is 8.03. The van der Waals surface area contributed by atoms with Gasteiger partial charge in [0.2, 0.25) is 5.91 Å². The first-order chi connectivity index (χ1) is 12.0. The number of nitrogens with one attached hydrogen (secondary N) is 1. The maximum atomic E-state index is 12.9. The van der Waals surface area contributed by atoms with Crippen LogP contribution < -0.4 is 10.1 Å². The third kappa shape index (κ3) is 5.60. The van der Waals surface area contributed by atoms with Crippen LogP contribution in [0.25, 0.3) is 0 Å². The molecule has 0 aliphatic carbocycles. The molecule has 0 radical (unpaired) electrons. The van der Waals surface area contributed by atoms with E-state index in [4.69, 9.17) is 4.74 Å². The summed E-state index contributed by atoms with van der Waals surface area (Å²) in [5.74, 6) is -0.298. The van der Waals surface area contributed by atoms with Crippen LogP contribution in [0.15, 0.2) is 48.5 Å². The van der Waals surface area contributed by atoms with Gasteiger partial charge in [-0.2, -0.15) is 0 Å². The predicted molar refractivity (Wildman–Crippen MR) is 94.2 cm³/mol. The van der Waals surface area contributed by atoms with Crippen molar-refractivity contribution < 1.29 is 18.7 Å². The lowest BCUT2D eigenvalue weighted by Crippen LogP contribution is -2.34. The summed E-state index contributed by atoms with van der Waals surface area (Å²) in [6, 6.07) is 12.2. The number of amides is 2. The molecule has 0 spiro atoms. The fourth-order valence-electron chi connectivity index (χ4n) is 2.15. The van der Waals surface area contributed by atoms with Crippen molar-refractivity contribution in [1.29, 1.82) is 0 Å². The molecular weight excluding hydrogens is 323 g/mol. The van der Waals surface area contributed by atoms with Gasteiger partial charge in [0.1, 0.15) is 11.6 Å². The minimum absolute atomic E-state index is 0.107. The molecule has 0 bridgehead atoms. The van der Waals surface area contributed by atoms with Crippen molar-refractivity contribution in [2.75, 3.05) is 25.5 Å². The van der Waals surface area contributed by atoms with Crippen LogP contribution in [0.1, 0.15) is 23.7 Å². The Labute approximate surface area is 146 Å². The molecular formula is C19H21FN2O3. The number of benzene rings is 2. The Kier molecular flexibility index (Phi) is 6.51. The molecule has 6 heteroatoms. The molecule has 0 aromatic heterocycles. The summed E-state index contributed by atoms with van der Waals surface area (Å²) in [6.07, 6.45) is 0.909. The topological polar surface area (TPSA) is 58.6 Å². The van der Waals surface area contributed by atoms with Gasteiger partial charge in [-0.15, -0.1) is 0 Å². The molecule has 2 rings (SSSR count). The summed E-state index contributed by atoms with van der Waals surface area (Å²) in [7, 11) is 1.55. The van der Waals surface area contributed by atoms with E-state index in [9.17, 15) is 14.0 Å². The van der Waals surface area contributed by atoms with Crippen molar-refractivity contribution in [3.8, 4) is 5.75 Å². The maximum absolute atomic E-state index is 12.9. The lowest BCUT2D eigenvalue weighted by atomic mass is 10.2. The lowest BCUT2D eigenvalue weighted by molar-refractivity contribution is -0.116. The zero-order valence-corrected chi connectivity index (χ0v) is 14.3. The van der Waals surface area contributed by atoms with E-state index in [0.717, 1.165) is 6.42 Å². The number of likely N-dealkylation sites (N-methyl/N-ethyl adjacent to an activating group) is 1. The molecule has 0 atom stereocenters. The Morgan fingerprint density at radius 3 is 2.32 bits per heavy atom. The van der Waals surface area contributed by atoms with E-state index in [1.54, 1.807) is 31.3 Å². The summed E-state index contributed by atoms with van der Waals surface area (Å²) in [6.45, 7) is 2.53. The lowest BCUT2D eigenvalue weighted by Gasteiger charge is -2.17. The molecule has 2 aromatic rings. The third-order valence-corrected chi connectivity index (χ3v) is 3.43. The molecule has 0 unspecified atom stereocenters. The summed E-state index contributed by atoms with van der Waals surface area (Å²) in [4.78, 5) is 25.7. The van der Waals surface area contributed by atoms with Crippen LogP contribution in [0.4, 0.5) is 10.1 Å². The molecule has 25 heavy (non-hydrogen) atoms. The Morgan fingerprint density at radius 2 is 1.72 bits per heavy atom. The fourth-order valence-corrected chi connectivity index (χ4v) is 2.15. The van der Waals surface area contributed by atoms with E-state index >= 15 is 0 Å². The van der Waals surface area contributed by atoms with Crippen LogP contribution in [-0.2, 0) is 4.79 Å². The van der Waals surface area contributed by atoms with Crippen LogP contribution >= 0.6 is 0 Å². The number of rotatable bonds is 7. The van der Waals surface area contributed by atoms with Crippen molar-refractivity contribution >= 4 is 17.5 Å². The highest BCUT2D eigenvalue weighted by Gasteiger charge is 2.15. The number of nitrogens with zero attached hydrogens (tertiary/aromatic N) is 1. The average Bonchev–Trinajstić information content (AvgIpc) is 2.61. The number of hydrogen-bond acceptors (Lipinski definition) is 3. The highest BCUT2D eigenvalue weighted by Crippen LogP contribution is 2.14. The quantitative estimate of drug-likeness (QED) is 0.838. The predicted octanol–water partition coefficient (Wildman–Crippen LogP) is 3.33. The summed E-state index contributed by atoms with van der Waals surface area (Å²) < 4.78 is 18.3. The molecule has 132 valence electrons. The smallest absolute Gasteiger partial charge is 0.254 e. The average molecular weight is 344 g/mol. The number of carbonyl (C=O) groups excluding carboxylic acids is 2. The van der Waals surface area contributed by atoms with Gasteiger partial charge in [-0.1, -0.05) is 6.92 Å². The zero-order valence-electron chi connectivity index (χ0n) is 14.3. The number of hydrogen-bond donors (Lipinski definition) is 1. The van der Waals surface area contributed by atoms with Crippen molar-refractivity contribution in [3.05, 3.63) is 59.9 Å². The molecule has 0 fully saturated rings. The number of halogens is 1. The summed E-state index contributed by atoms with van der Waals surface area (Å²) >= 11 is 0. The largest absolute Gasteiger partial charge is 0.494 e. The second-order valence-electron chi connectivity index (χ2n) is 5.59. The minimum atomic E-state index is -0.378. The van der Waals surface area contributed by atoms with Gasteiger partial charge in [0, 0.05) is 18.3 Å². The zero-order chi connectivity index (χ0) is 18.2. The van der Waals surface area contributed by atoms with Crippen LogP contribution in [0.2, 0.25) is 0 Å². The van der Waals surface area contributed by atoms with E-state index in [-0.39, 0.29) is 24.2 Å². The van der Waals surface area contributed by atoms with E-state index in [0.29, 0.717) is 23.6 Å². The normalized spacial score (nSPS) is 10.2. The Bertz CT molecular complexity index is 714. The van der Waals surface area contributed by atoms with Crippen molar-refractivity contribution in [3.63, 3.8) is 0 Å². The van der Waals surface area contributed by atoms with Gasteiger partial charge in [0.25, 0.3) is 5.91 Å². The van der Waals surface area contributed by atoms with Crippen LogP contribution in [-0.4, -0.2) is 36.9 Å². The summed E-state index contributed by atoms with van der Waals surface area (Å²) in [5.41, 5.74) is 0.950. The highest BCUT2D eigenvalue weighted by molar-refractivity contribution is 5.99. The molecule has 0 saturated carbocycles. The first kappa shape index (κ1) is 18.4. The van der Waals surface area contributed by atoms with E-state index < -0.39 is 0 Å². The van der Waals surface area contributed by atoms with Gasteiger partial charge in [0.15, 0.2) is 0 Å². The van der Waals surface area contributed by atoms with Crippen molar-refractivity contribution in [2.45, 2.75) is 13.3 Å². The van der Waals surface area contributed by atoms with Crippen LogP contribution in [0.5, 0.6) is 5.75 Å². The summed E-state index contributed by atoms with van der Waals surface area (Å²) in [5, 5.41) is 2.62.